The molecule has 1 atom stereocenters. The standard InChI is InChI=1S/C12H18N2O/c1-13-7-4-5-11(9-13)10-14-8-3-2-6-12(14)15/h2-3,6,8,11H,4-5,7,9-10H2,1H3. The van der Waals surface area contributed by atoms with Gasteiger partial charge in [0, 0.05) is 25.4 Å². The van der Waals surface area contributed by atoms with E-state index in [0.717, 1.165) is 13.1 Å². The molecule has 2 rings (SSSR count). The van der Waals surface area contributed by atoms with Gasteiger partial charge in [0.25, 0.3) is 5.56 Å². The Labute approximate surface area is 90.3 Å². The van der Waals surface area contributed by atoms with Crippen LogP contribution in [0.4, 0.5) is 0 Å². The zero-order chi connectivity index (χ0) is 10.7. The first-order valence-electron chi connectivity index (χ1n) is 5.60. The zero-order valence-electron chi connectivity index (χ0n) is 9.22. The van der Waals surface area contributed by atoms with Gasteiger partial charge in [-0.25, -0.2) is 0 Å². The quantitative estimate of drug-likeness (QED) is 0.726. The average Bonchev–Trinajstić information content (AvgIpc) is 2.22. The lowest BCUT2D eigenvalue weighted by Gasteiger charge is -2.29. The molecule has 1 aliphatic heterocycles. The molecule has 1 aromatic heterocycles. The van der Waals surface area contributed by atoms with E-state index >= 15 is 0 Å². The van der Waals surface area contributed by atoms with E-state index in [1.54, 1.807) is 12.1 Å². The molecule has 1 saturated heterocycles. The van der Waals surface area contributed by atoms with Crippen molar-refractivity contribution in [2.75, 3.05) is 20.1 Å². The molecule has 0 aromatic carbocycles. The van der Waals surface area contributed by atoms with Crippen LogP contribution in [0.15, 0.2) is 29.2 Å². The van der Waals surface area contributed by atoms with Crippen LogP contribution in [0.5, 0.6) is 0 Å². The summed E-state index contributed by atoms with van der Waals surface area (Å²) >= 11 is 0. The third-order valence-electron chi connectivity index (χ3n) is 3.08. The highest BCUT2D eigenvalue weighted by atomic mass is 16.1. The fourth-order valence-corrected chi connectivity index (χ4v) is 2.31. The molecular weight excluding hydrogens is 188 g/mol. The molecule has 0 N–H and O–H groups in total. The van der Waals surface area contributed by atoms with Gasteiger partial charge < -0.3 is 9.47 Å². The molecule has 2 heterocycles. The third kappa shape index (κ3) is 2.69. The molecule has 1 aromatic rings. The van der Waals surface area contributed by atoms with Crippen molar-refractivity contribution in [3.63, 3.8) is 0 Å². The van der Waals surface area contributed by atoms with Crippen LogP contribution in [0.1, 0.15) is 12.8 Å². The topological polar surface area (TPSA) is 25.2 Å². The van der Waals surface area contributed by atoms with Crippen molar-refractivity contribution in [2.45, 2.75) is 19.4 Å². The van der Waals surface area contributed by atoms with Crippen LogP contribution < -0.4 is 5.56 Å². The van der Waals surface area contributed by atoms with E-state index in [0.29, 0.717) is 5.92 Å². The molecule has 3 nitrogen and oxygen atoms in total. The molecule has 0 spiro atoms. The molecule has 0 bridgehead atoms. The second-order valence-electron chi connectivity index (χ2n) is 4.46. The van der Waals surface area contributed by atoms with Crippen molar-refractivity contribution in [3.8, 4) is 0 Å². The number of likely N-dealkylation sites (tertiary alicyclic amines) is 1. The maximum Gasteiger partial charge on any atom is 0.250 e. The molecule has 0 aliphatic carbocycles. The summed E-state index contributed by atoms with van der Waals surface area (Å²) < 4.78 is 1.82. The molecule has 1 aliphatic rings. The number of hydrogen-bond acceptors (Lipinski definition) is 2. The first-order chi connectivity index (χ1) is 7.25. The van der Waals surface area contributed by atoms with Crippen molar-refractivity contribution >= 4 is 0 Å². The van der Waals surface area contributed by atoms with Gasteiger partial charge in [-0.15, -0.1) is 0 Å². The lowest BCUT2D eigenvalue weighted by molar-refractivity contribution is 0.193. The van der Waals surface area contributed by atoms with E-state index in [1.807, 2.05) is 16.8 Å². The Kier molecular flexibility index (Phi) is 3.21. The van der Waals surface area contributed by atoms with Gasteiger partial charge in [-0.1, -0.05) is 6.07 Å². The summed E-state index contributed by atoms with van der Waals surface area (Å²) in [6.45, 7) is 3.17. The molecular formula is C12H18N2O. The van der Waals surface area contributed by atoms with Gasteiger partial charge in [0.15, 0.2) is 0 Å². The Bertz CT molecular complexity index is 372. The Morgan fingerprint density at radius 1 is 1.47 bits per heavy atom. The molecule has 0 saturated carbocycles. The van der Waals surface area contributed by atoms with Crippen LogP contribution in [0.25, 0.3) is 0 Å². The van der Waals surface area contributed by atoms with Crippen molar-refractivity contribution in [1.29, 1.82) is 0 Å². The van der Waals surface area contributed by atoms with Crippen molar-refractivity contribution in [2.24, 2.45) is 5.92 Å². The minimum atomic E-state index is 0.116. The Morgan fingerprint density at radius 2 is 2.33 bits per heavy atom. The molecule has 1 unspecified atom stereocenters. The lowest BCUT2D eigenvalue weighted by Crippen LogP contribution is -2.35. The predicted octanol–water partition coefficient (Wildman–Crippen LogP) is 1.19. The molecule has 82 valence electrons. The smallest absolute Gasteiger partial charge is 0.250 e. The van der Waals surface area contributed by atoms with Crippen LogP contribution in [0.2, 0.25) is 0 Å². The van der Waals surface area contributed by atoms with Crippen LogP contribution in [0.3, 0.4) is 0 Å². The summed E-state index contributed by atoms with van der Waals surface area (Å²) in [7, 11) is 2.15. The predicted molar refractivity (Wildman–Crippen MR) is 60.9 cm³/mol. The summed E-state index contributed by atoms with van der Waals surface area (Å²) in [5.41, 5.74) is 0.116. The summed E-state index contributed by atoms with van der Waals surface area (Å²) in [5, 5.41) is 0. The van der Waals surface area contributed by atoms with Crippen molar-refractivity contribution < 1.29 is 0 Å². The summed E-state index contributed by atoms with van der Waals surface area (Å²) in [6.07, 6.45) is 4.38. The normalized spacial score (nSPS) is 22.9. The van der Waals surface area contributed by atoms with Gasteiger partial charge in [-0.05, 0) is 38.4 Å². The number of pyridine rings is 1. The zero-order valence-corrected chi connectivity index (χ0v) is 9.22. The van der Waals surface area contributed by atoms with Gasteiger partial charge in [0.1, 0.15) is 0 Å². The number of piperidine rings is 1. The highest BCUT2D eigenvalue weighted by Crippen LogP contribution is 2.16. The van der Waals surface area contributed by atoms with Crippen LogP contribution >= 0.6 is 0 Å². The first kappa shape index (κ1) is 10.4. The largest absolute Gasteiger partial charge is 0.315 e. The van der Waals surface area contributed by atoms with E-state index in [4.69, 9.17) is 0 Å². The Balaban J connectivity index is 2.02. The van der Waals surface area contributed by atoms with Crippen LogP contribution in [-0.2, 0) is 6.54 Å². The van der Waals surface area contributed by atoms with Crippen LogP contribution in [0, 0.1) is 5.92 Å². The fraction of sp³-hybridized carbons (Fsp3) is 0.583. The molecule has 0 amide bonds. The van der Waals surface area contributed by atoms with Crippen molar-refractivity contribution in [1.82, 2.24) is 9.47 Å². The minimum absolute atomic E-state index is 0.116. The number of hydrogen-bond donors (Lipinski definition) is 0. The van der Waals surface area contributed by atoms with E-state index in [1.165, 1.54) is 19.4 Å². The van der Waals surface area contributed by atoms with Gasteiger partial charge in [-0.3, -0.25) is 4.79 Å². The van der Waals surface area contributed by atoms with Gasteiger partial charge in [0.2, 0.25) is 0 Å². The fourth-order valence-electron chi connectivity index (χ4n) is 2.31. The molecule has 0 radical (unpaired) electrons. The maximum atomic E-state index is 11.5. The summed E-state index contributed by atoms with van der Waals surface area (Å²) in [4.78, 5) is 13.9. The van der Waals surface area contributed by atoms with E-state index in [9.17, 15) is 4.79 Å². The second kappa shape index (κ2) is 4.62. The summed E-state index contributed by atoms with van der Waals surface area (Å²) in [6, 6.07) is 5.35. The average molecular weight is 206 g/mol. The van der Waals surface area contributed by atoms with Gasteiger partial charge >= 0.3 is 0 Å². The minimum Gasteiger partial charge on any atom is -0.315 e. The van der Waals surface area contributed by atoms with E-state index in [2.05, 4.69) is 11.9 Å². The van der Waals surface area contributed by atoms with Gasteiger partial charge in [-0.2, -0.15) is 0 Å². The maximum absolute atomic E-state index is 11.5. The SMILES string of the molecule is CN1CCCC(Cn2ccccc2=O)C1. The highest BCUT2D eigenvalue weighted by Gasteiger charge is 2.17. The molecule has 3 heteroatoms. The lowest BCUT2D eigenvalue weighted by atomic mass is 9.98. The first-order valence-corrected chi connectivity index (χ1v) is 5.60. The van der Waals surface area contributed by atoms with E-state index in [-0.39, 0.29) is 5.56 Å². The van der Waals surface area contributed by atoms with Gasteiger partial charge in [0.05, 0.1) is 0 Å². The third-order valence-corrected chi connectivity index (χ3v) is 3.08. The van der Waals surface area contributed by atoms with Crippen LogP contribution in [-0.4, -0.2) is 29.6 Å². The summed E-state index contributed by atoms with van der Waals surface area (Å²) in [5.74, 6) is 0.629. The Hall–Kier alpha value is -1.09. The van der Waals surface area contributed by atoms with E-state index < -0.39 is 0 Å². The number of nitrogens with zero attached hydrogens (tertiary/aromatic N) is 2. The van der Waals surface area contributed by atoms with Crippen molar-refractivity contribution in [3.05, 3.63) is 34.7 Å². The Morgan fingerprint density at radius 3 is 3.07 bits per heavy atom. The number of aromatic nitrogens is 1. The molecule has 1 fully saturated rings. The number of rotatable bonds is 2. The highest BCUT2D eigenvalue weighted by molar-refractivity contribution is 4.93. The monoisotopic (exact) mass is 206 g/mol. The second-order valence-corrected chi connectivity index (χ2v) is 4.46. The molecule has 15 heavy (non-hydrogen) atoms.